The van der Waals surface area contributed by atoms with Gasteiger partial charge in [-0.25, -0.2) is 0 Å². The quantitative estimate of drug-likeness (QED) is 0.591. The van der Waals surface area contributed by atoms with Gasteiger partial charge in [0.2, 0.25) is 0 Å². The zero-order valence-electron chi connectivity index (χ0n) is 7.53. The van der Waals surface area contributed by atoms with Crippen LogP contribution >= 0.6 is 11.8 Å². The van der Waals surface area contributed by atoms with Crippen LogP contribution in [0.3, 0.4) is 0 Å². The smallest absolute Gasteiger partial charge is 0.0633 e. The summed E-state index contributed by atoms with van der Waals surface area (Å²) >= 11 is 1.65. The molecule has 0 amide bonds. The molecule has 0 aliphatic carbocycles. The number of nitrogens with two attached hydrogens (primary N) is 1. The second kappa shape index (κ2) is 4.78. The second-order valence-electron chi connectivity index (χ2n) is 2.83. The molecule has 2 nitrogen and oxygen atoms in total. The van der Waals surface area contributed by atoms with Gasteiger partial charge in [-0.15, -0.1) is 11.8 Å². The molecule has 0 saturated carbocycles. The molecular formula is C10H12N2S. The zero-order valence-corrected chi connectivity index (χ0v) is 8.34. The Bertz CT molecular complexity index is 317. The first-order chi connectivity index (χ1) is 6.24. The van der Waals surface area contributed by atoms with Crippen molar-refractivity contribution in [1.82, 2.24) is 0 Å². The van der Waals surface area contributed by atoms with E-state index < -0.39 is 0 Å². The summed E-state index contributed by atoms with van der Waals surface area (Å²) in [6, 6.07) is 9.87. The molecular weight excluding hydrogens is 180 g/mol. The van der Waals surface area contributed by atoms with E-state index in [0.717, 1.165) is 10.6 Å². The maximum atomic E-state index is 8.49. The highest BCUT2D eigenvalue weighted by Crippen LogP contribution is 2.29. The van der Waals surface area contributed by atoms with Crippen molar-refractivity contribution in [2.24, 2.45) is 0 Å². The first-order valence-corrected chi connectivity index (χ1v) is 5.00. The molecule has 2 N–H and O–H groups in total. The number of nitrogens with zero attached hydrogens (tertiary/aromatic N) is 1. The van der Waals surface area contributed by atoms with Gasteiger partial charge < -0.3 is 5.73 Å². The molecule has 1 rings (SSSR count). The number of para-hydroxylation sites is 1. The van der Waals surface area contributed by atoms with Gasteiger partial charge in [0.1, 0.15) is 0 Å². The number of rotatable bonds is 3. The van der Waals surface area contributed by atoms with Crippen molar-refractivity contribution < 1.29 is 0 Å². The van der Waals surface area contributed by atoms with E-state index in [1.54, 1.807) is 11.8 Å². The van der Waals surface area contributed by atoms with Gasteiger partial charge in [-0.2, -0.15) is 5.26 Å². The standard InChI is InChI=1S/C10H12N2S/c1-8(6-7-11)13-10-5-3-2-4-9(10)12/h2-5,8H,6,12H2,1H3/t8-/m1/s1. The maximum Gasteiger partial charge on any atom is 0.0633 e. The molecule has 0 bridgehead atoms. The summed E-state index contributed by atoms with van der Waals surface area (Å²) in [7, 11) is 0. The summed E-state index contributed by atoms with van der Waals surface area (Å²) in [5, 5.41) is 8.79. The lowest BCUT2D eigenvalue weighted by Crippen LogP contribution is -1.95. The topological polar surface area (TPSA) is 49.8 Å². The Morgan fingerprint density at radius 3 is 2.85 bits per heavy atom. The van der Waals surface area contributed by atoms with Crippen LogP contribution in [0.2, 0.25) is 0 Å². The summed E-state index contributed by atoms with van der Waals surface area (Å²) in [6.45, 7) is 2.03. The Balaban J connectivity index is 2.64. The molecule has 3 heteroatoms. The van der Waals surface area contributed by atoms with Crippen molar-refractivity contribution in [1.29, 1.82) is 5.26 Å². The molecule has 0 aliphatic heterocycles. The summed E-state index contributed by atoms with van der Waals surface area (Å²) in [4.78, 5) is 1.06. The molecule has 0 unspecified atom stereocenters. The fourth-order valence-electron chi connectivity index (χ4n) is 0.975. The first kappa shape index (κ1) is 9.94. The van der Waals surface area contributed by atoms with Crippen LogP contribution < -0.4 is 5.73 Å². The van der Waals surface area contributed by atoms with Crippen LogP contribution in [-0.2, 0) is 0 Å². The van der Waals surface area contributed by atoms with Crippen LogP contribution in [0.15, 0.2) is 29.2 Å². The van der Waals surface area contributed by atoms with Gasteiger partial charge in [-0.1, -0.05) is 19.1 Å². The fraction of sp³-hybridized carbons (Fsp3) is 0.300. The van der Waals surface area contributed by atoms with Gasteiger partial charge in [-0.3, -0.25) is 0 Å². The highest BCUT2D eigenvalue weighted by atomic mass is 32.2. The average Bonchev–Trinajstić information content (AvgIpc) is 2.09. The number of nitrogen functional groups attached to an aromatic ring is 1. The molecule has 13 heavy (non-hydrogen) atoms. The van der Waals surface area contributed by atoms with Crippen molar-refractivity contribution in [2.45, 2.75) is 23.5 Å². The van der Waals surface area contributed by atoms with Gasteiger partial charge in [0.25, 0.3) is 0 Å². The van der Waals surface area contributed by atoms with Crippen molar-refractivity contribution >= 4 is 17.4 Å². The Labute approximate surface area is 82.7 Å². The van der Waals surface area contributed by atoms with Crippen LogP contribution in [0, 0.1) is 11.3 Å². The first-order valence-electron chi connectivity index (χ1n) is 4.12. The molecule has 0 aromatic heterocycles. The maximum absolute atomic E-state index is 8.49. The molecule has 1 aromatic rings. The van der Waals surface area contributed by atoms with E-state index in [1.165, 1.54) is 0 Å². The lowest BCUT2D eigenvalue weighted by atomic mass is 10.3. The number of thioether (sulfide) groups is 1. The Kier molecular flexibility index (Phi) is 3.66. The number of hydrogen-bond donors (Lipinski definition) is 1. The van der Waals surface area contributed by atoms with Gasteiger partial charge in [0, 0.05) is 22.3 Å². The number of benzene rings is 1. The van der Waals surface area contributed by atoms with Gasteiger partial charge >= 0.3 is 0 Å². The minimum Gasteiger partial charge on any atom is -0.398 e. The van der Waals surface area contributed by atoms with Gasteiger partial charge in [0.15, 0.2) is 0 Å². The number of hydrogen-bond acceptors (Lipinski definition) is 3. The molecule has 1 aromatic carbocycles. The zero-order chi connectivity index (χ0) is 9.68. The van der Waals surface area contributed by atoms with E-state index in [2.05, 4.69) is 6.07 Å². The number of nitriles is 1. The van der Waals surface area contributed by atoms with Crippen molar-refractivity contribution in [3.63, 3.8) is 0 Å². The molecule has 68 valence electrons. The summed E-state index contributed by atoms with van der Waals surface area (Å²) in [5.74, 6) is 0. The minimum absolute atomic E-state index is 0.301. The third-order valence-electron chi connectivity index (χ3n) is 1.63. The van der Waals surface area contributed by atoms with Crippen LogP contribution in [0.25, 0.3) is 0 Å². The molecule has 0 heterocycles. The van der Waals surface area contributed by atoms with Gasteiger partial charge in [-0.05, 0) is 12.1 Å². The minimum atomic E-state index is 0.301. The molecule has 0 spiro atoms. The number of anilines is 1. The highest BCUT2D eigenvalue weighted by Gasteiger charge is 2.05. The van der Waals surface area contributed by atoms with E-state index in [1.807, 2.05) is 31.2 Å². The second-order valence-corrected chi connectivity index (χ2v) is 4.31. The normalized spacial score (nSPS) is 12.0. The van der Waals surface area contributed by atoms with Crippen molar-refractivity contribution in [3.05, 3.63) is 24.3 Å². The van der Waals surface area contributed by atoms with Crippen LogP contribution in [0.1, 0.15) is 13.3 Å². The van der Waals surface area contributed by atoms with Crippen LogP contribution in [-0.4, -0.2) is 5.25 Å². The highest BCUT2D eigenvalue weighted by molar-refractivity contribution is 8.00. The molecule has 0 radical (unpaired) electrons. The predicted octanol–water partition coefficient (Wildman–Crippen LogP) is 2.66. The third kappa shape index (κ3) is 3.00. The van der Waals surface area contributed by atoms with Crippen molar-refractivity contribution in [3.8, 4) is 6.07 Å². The lowest BCUT2D eigenvalue weighted by molar-refractivity contribution is 0.990. The lowest BCUT2D eigenvalue weighted by Gasteiger charge is -2.08. The third-order valence-corrected chi connectivity index (χ3v) is 2.82. The van der Waals surface area contributed by atoms with E-state index in [-0.39, 0.29) is 0 Å². The van der Waals surface area contributed by atoms with Crippen LogP contribution in [0.5, 0.6) is 0 Å². The van der Waals surface area contributed by atoms with Gasteiger partial charge in [0.05, 0.1) is 6.07 Å². The SMILES string of the molecule is C[C@H](CC#N)Sc1ccccc1N. The fourth-order valence-corrected chi connectivity index (χ4v) is 1.93. The van der Waals surface area contributed by atoms with E-state index in [9.17, 15) is 0 Å². The summed E-state index contributed by atoms with van der Waals surface area (Å²) in [5.41, 5.74) is 6.55. The van der Waals surface area contributed by atoms with E-state index in [4.69, 9.17) is 11.0 Å². The Morgan fingerprint density at radius 2 is 2.23 bits per heavy atom. The Morgan fingerprint density at radius 1 is 1.54 bits per heavy atom. The molecule has 0 saturated heterocycles. The molecule has 1 atom stereocenters. The largest absolute Gasteiger partial charge is 0.398 e. The molecule has 0 aliphatic rings. The van der Waals surface area contributed by atoms with E-state index in [0.29, 0.717) is 11.7 Å². The predicted molar refractivity (Wildman–Crippen MR) is 56.4 cm³/mol. The van der Waals surface area contributed by atoms with Crippen LogP contribution in [0.4, 0.5) is 5.69 Å². The summed E-state index contributed by atoms with van der Waals surface area (Å²) < 4.78 is 0. The summed E-state index contributed by atoms with van der Waals surface area (Å²) in [6.07, 6.45) is 0.555. The average molecular weight is 192 g/mol. The monoisotopic (exact) mass is 192 g/mol. The molecule has 0 fully saturated rings. The van der Waals surface area contributed by atoms with Crippen molar-refractivity contribution in [2.75, 3.05) is 5.73 Å². The Hall–Kier alpha value is -1.14. The van der Waals surface area contributed by atoms with E-state index >= 15 is 0 Å².